The molecule has 0 saturated carbocycles. The Labute approximate surface area is 135 Å². The third-order valence-electron chi connectivity index (χ3n) is 3.76. The van der Waals surface area contributed by atoms with E-state index in [9.17, 15) is 9.59 Å². The third kappa shape index (κ3) is 3.88. The van der Waals surface area contributed by atoms with Crippen molar-refractivity contribution in [3.63, 3.8) is 0 Å². The van der Waals surface area contributed by atoms with E-state index in [2.05, 4.69) is 22.8 Å². The van der Waals surface area contributed by atoms with Crippen LogP contribution in [0.4, 0.5) is 4.79 Å². The normalized spacial score (nSPS) is 16.9. The zero-order valence-electron chi connectivity index (χ0n) is 13.3. The molecule has 1 aromatic heterocycles. The van der Waals surface area contributed by atoms with E-state index in [1.807, 2.05) is 26.8 Å². The van der Waals surface area contributed by atoms with Gasteiger partial charge in [0.15, 0.2) is 0 Å². The summed E-state index contributed by atoms with van der Waals surface area (Å²) in [6, 6.07) is 2.85. The quantitative estimate of drug-likeness (QED) is 0.897. The molecule has 2 rings (SSSR count). The second-order valence-electron chi connectivity index (χ2n) is 6.55. The van der Waals surface area contributed by atoms with Gasteiger partial charge in [-0.05, 0) is 28.9 Å². The van der Waals surface area contributed by atoms with Crippen LogP contribution in [0.5, 0.6) is 0 Å². The Morgan fingerprint density at radius 1 is 1.41 bits per heavy atom. The van der Waals surface area contributed by atoms with Crippen molar-refractivity contribution in [3.8, 4) is 0 Å². The fourth-order valence-electron chi connectivity index (χ4n) is 2.53. The number of nitrogens with zero attached hydrogens (tertiary/aromatic N) is 1. The van der Waals surface area contributed by atoms with Crippen LogP contribution >= 0.6 is 11.3 Å². The molecule has 0 aromatic carbocycles. The van der Waals surface area contributed by atoms with Gasteiger partial charge in [0.2, 0.25) is 5.91 Å². The van der Waals surface area contributed by atoms with E-state index in [1.54, 1.807) is 16.2 Å². The van der Waals surface area contributed by atoms with Crippen molar-refractivity contribution in [1.82, 2.24) is 10.2 Å². The molecule has 22 heavy (non-hydrogen) atoms. The molecule has 0 bridgehead atoms. The number of rotatable bonds is 3. The van der Waals surface area contributed by atoms with Crippen LogP contribution in [0, 0.1) is 5.41 Å². The van der Waals surface area contributed by atoms with Gasteiger partial charge in [-0.25, -0.2) is 4.79 Å². The molecule has 3 amide bonds. The zero-order valence-corrected chi connectivity index (χ0v) is 14.1. The highest BCUT2D eigenvalue weighted by molar-refractivity contribution is 7.11. The summed E-state index contributed by atoms with van der Waals surface area (Å²) >= 11 is 1.71. The predicted molar refractivity (Wildman–Crippen MR) is 89.5 cm³/mol. The smallest absolute Gasteiger partial charge is 0.312 e. The first-order valence-electron chi connectivity index (χ1n) is 7.36. The van der Waals surface area contributed by atoms with E-state index in [1.165, 1.54) is 10.5 Å². The number of amides is 3. The lowest BCUT2D eigenvalue weighted by Gasteiger charge is -2.35. The van der Waals surface area contributed by atoms with Crippen molar-refractivity contribution >= 4 is 28.8 Å². The topological polar surface area (TPSA) is 75.4 Å². The van der Waals surface area contributed by atoms with E-state index in [-0.39, 0.29) is 11.3 Å². The van der Waals surface area contributed by atoms with E-state index >= 15 is 0 Å². The van der Waals surface area contributed by atoms with Crippen molar-refractivity contribution in [2.45, 2.75) is 33.2 Å². The molecule has 1 aliphatic heterocycles. The van der Waals surface area contributed by atoms with Gasteiger partial charge in [0.25, 0.3) is 0 Å². The minimum Gasteiger partial charge on any atom is -0.352 e. The standard InChI is InChI=1S/C16H23N3O2S/c1-16(2,3)13(18-15(17)21)14(20)19-8-6-11(7-9-19)12-5-4-10-22-12/h4-6,10,13H,7-9H2,1-3H3,(H3,17,18,21). The summed E-state index contributed by atoms with van der Waals surface area (Å²) in [4.78, 5) is 26.9. The second kappa shape index (κ2) is 6.52. The Hall–Kier alpha value is -1.82. The number of hydrogen-bond acceptors (Lipinski definition) is 3. The molecule has 0 fully saturated rings. The number of nitrogens with two attached hydrogens (primary N) is 1. The van der Waals surface area contributed by atoms with Crippen LogP contribution in [-0.2, 0) is 4.79 Å². The molecule has 120 valence electrons. The maximum atomic E-state index is 12.7. The van der Waals surface area contributed by atoms with Gasteiger partial charge in [-0.2, -0.15) is 0 Å². The molecule has 5 nitrogen and oxygen atoms in total. The molecule has 6 heteroatoms. The number of urea groups is 1. The average molecular weight is 321 g/mol. The van der Waals surface area contributed by atoms with Crippen LogP contribution in [0.25, 0.3) is 5.57 Å². The SMILES string of the molecule is CC(C)(C)C(NC(N)=O)C(=O)N1CC=C(c2cccs2)CC1. The number of thiophene rings is 1. The largest absolute Gasteiger partial charge is 0.352 e. The lowest BCUT2D eigenvalue weighted by atomic mass is 9.85. The first kappa shape index (κ1) is 16.5. The van der Waals surface area contributed by atoms with E-state index < -0.39 is 12.1 Å². The van der Waals surface area contributed by atoms with E-state index in [0.717, 1.165) is 6.42 Å². The van der Waals surface area contributed by atoms with Gasteiger partial charge >= 0.3 is 6.03 Å². The molecule has 2 heterocycles. The fraction of sp³-hybridized carbons (Fsp3) is 0.500. The molecule has 3 N–H and O–H groups in total. The highest BCUT2D eigenvalue weighted by Crippen LogP contribution is 2.28. The van der Waals surface area contributed by atoms with E-state index in [0.29, 0.717) is 13.1 Å². The molecule has 1 aliphatic rings. The van der Waals surface area contributed by atoms with Crippen LogP contribution in [0.15, 0.2) is 23.6 Å². The number of carbonyl (C=O) groups is 2. The summed E-state index contributed by atoms with van der Waals surface area (Å²) in [5.74, 6) is -0.0761. The van der Waals surface area contributed by atoms with Crippen molar-refractivity contribution in [2.24, 2.45) is 11.1 Å². The molecule has 0 saturated heterocycles. The number of nitrogens with one attached hydrogen (secondary N) is 1. The van der Waals surface area contributed by atoms with Crippen molar-refractivity contribution in [3.05, 3.63) is 28.5 Å². The molecule has 1 atom stereocenters. The number of carbonyl (C=O) groups excluding carboxylic acids is 2. The Morgan fingerprint density at radius 3 is 2.59 bits per heavy atom. The van der Waals surface area contributed by atoms with E-state index in [4.69, 9.17) is 5.73 Å². The zero-order chi connectivity index (χ0) is 16.3. The van der Waals surface area contributed by atoms with Crippen LogP contribution in [0.3, 0.4) is 0 Å². The summed E-state index contributed by atoms with van der Waals surface area (Å²) in [5.41, 5.74) is 6.11. The number of hydrogen-bond donors (Lipinski definition) is 2. The maximum Gasteiger partial charge on any atom is 0.312 e. The van der Waals surface area contributed by atoms with Crippen LogP contribution in [-0.4, -0.2) is 36.0 Å². The summed E-state index contributed by atoms with van der Waals surface area (Å²) in [7, 11) is 0. The van der Waals surface area contributed by atoms with Crippen molar-refractivity contribution < 1.29 is 9.59 Å². The molecular weight excluding hydrogens is 298 g/mol. The van der Waals surface area contributed by atoms with Gasteiger partial charge in [0, 0.05) is 18.0 Å². The van der Waals surface area contributed by atoms with Gasteiger partial charge in [-0.15, -0.1) is 11.3 Å². The Kier molecular flexibility index (Phi) is 4.90. The molecule has 1 unspecified atom stereocenters. The Bertz CT molecular complexity index is 573. The lowest BCUT2D eigenvalue weighted by molar-refractivity contribution is -0.135. The molecular formula is C16H23N3O2S. The van der Waals surface area contributed by atoms with Gasteiger partial charge < -0.3 is 16.0 Å². The minimum absolute atomic E-state index is 0.0761. The third-order valence-corrected chi connectivity index (χ3v) is 4.70. The molecule has 0 spiro atoms. The molecule has 0 radical (unpaired) electrons. The predicted octanol–water partition coefficient (Wildman–Crippen LogP) is 2.45. The van der Waals surface area contributed by atoms with Gasteiger partial charge in [-0.3, -0.25) is 4.79 Å². The van der Waals surface area contributed by atoms with Crippen LogP contribution < -0.4 is 11.1 Å². The maximum absolute atomic E-state index is 12.7. The highest BCUT2D eigenvalue weighted by Gasteiger charge is 2.35. The lowest BCUT2D eigenvalue weighted by Crippen LogP contribution is -2.56. The molecule has 1 aromatic rings. The first-order chi connectivity index (χ1) is 10.3. The van der Waals surface area contributed by atoms with Crippen molar-refractivity contribution in [1.29, 1.82) is 0 Å². The first-order valence-corrected chi connectivity index (χ1v) is 8.24. The number of primary amides is 1. The Balaban J connectivity index is 2.08. The van der Waals surface area contributed by atoms with Crippen LogP contribution in [0.2, 0.25) is 0 Å². The van der Waals surface area contributed by atoms with Crippen LogP contribution in [0.1, 0.15) is 32.1 Å². The Morgan fingerprint density at radius 2 is 2.14 bits per heavy atom. The van der Waals surface area contributed by atoms with Gasteiger partial charge in [0.05, 0.1) is 0 Å². The summed E-state index contributed by atoms with van der Waals surface area (Å²) in [6.07, 6.45) is 2.93. The average Bonchev–Trinajstić information content (AvgIpc) is 2.97. The highest BCUT2D eigenvalue weighted by atomic mass is 32.1. The monoisotopic (exact) mass is 321 g/mol. The fourth-order valence-corrected chi connectivity index (χ4v) is 3.33. The van der Waals surface area contributed by atoms with Crippen molar-refractivity contribution in [2.75, 3.05) is 13.1 Å². The molecule has 0 aliphatic carbocycles. The summed E-state index contributed by atoms with van der Waals surface area (Å²) < 4.78 is 0. The van der Waals surface area contributed by atoms with Gasteiger partial charge in [-0.1, -0.05) is 32.9 Å². The van der Waals surface area contributed by atoms with Gasteiger partial charge in [0.1, 0.15) is 6.04 Å². The minimum atomic E-state index is -0.667. The summed E-state index contributed by atoms with van der Waals surface area (Å²) in [5, 5.41) is 4.64. The second-order valence-corrected chi connectivity index (χ2v) is 7.50. The summed E-state index contributed by atoms with van der Waals surface area (Å²) in [6.45, 7) is 6.99.